The van der Waals surface area contributed by atoms with Crippen molar-refractivity contribution in [1.29, 1.82) is 0 Å². The van der Waals surface area contributed by atoms with Gasteiger partial charge in [-0.1, -0.05) is 23.7 Å². The maximum atomic E-state index is 14.3. The first-order valence-corrected chi connectivity index (χ1v) is 8.03. The number of non-ortho nitro benzene ring substituents is 1. The molecule has 0 fully saturated rings. The van der Waals surface area contributed by atoms with Crippen molar-refractivity contribution < 1.29 is 24.0 Å². The van der Waals surface area contributed by atoms with Gasteiger partial charge in [0.15, 0.2) is 5.82 Å². The number of anilines is 1. The molecule has 0 aliphatic rings. The third kappa shape index (κ3) is 4.68. The molecular weight excluding hydrogens is 367 g/mol. The molecule has 26 heavy (non-hydrogen) atoms. The van der Waals surface area contributed by atoms with Crippen LogP contribution in [0.15, 0.2) is 36.4 Å². The van der Waals surface area contributed by atoms with E-state index in [0.717, 1.165) is 6.07 Å². The Kier molecular flexibility index (Phi) is 6.48. The van der Waals surface area contributed by atoms with E-state index in [1.54, 1.807) is 31.2 Å². The summed E-state index contributed by atoms with van der Waals surface area (Å²) in [5, 5.41) is 24.2. The van der Waals surface area contributed by atoms with Gasteiger partial charge in [-0.15, -0.1) is 0 Å². The molecule has 138 valence electrons. The monoisotopic (exact) mass is 382 g/mol. The maximum absolute atomic E-state index is 14.3. The topological polar surface area (TPSA) is 102 Å². The minimum Gasteiger partial charge on any atom is -0.462 e. The van der Waals surface area contributed by atoms with Crippen LogP contribution in [-0.4, -0.2) is 29.2 Å². The van der Waals surface area contributed by atoms with Gasteiger partial charge in [0.05, 0.1) is 35.0 Å². The van der Waals surface area contributed by atoms with Gasteiger partial charge in [-0.3, -0.25) is 10.1 Å². The molecule has 0 amide bonds. The Hall–Kier alpha value is -2.71. The number of nitro benzene ring substituents is 1. The summed E-state index contributed by atoms with van der Waals surface area (Å²) in [5.41, 5.74) is -0.639. The van der Waals surface area contributed by atoms with Gasteiger partial charge in [0, 0.05) is 17.6 Å². The SMILES string of the molecule is CCOC(=O)c1cc([N+](=O)[O-])cc(F)c1NCC(O)c1ccc(Cl)cc1. The van der Waals surface area contributed by atoms with Crippen LogP contribution >= 0.6 is 11.6 Å². The van der Waals surface area contributed by atoms with E-state index in [1.807, 2.05) is 0 Å². The summed E-state index contributed by atoms with van der Waals surface area (Å²) in [6.45, 7) is 1.45. The summed E-state index contributed by atoms with van der Waals surface area (Å²) in [6, 6.07) is 8.02. The van der Waals surface area contributed by atoms with Crippen LogP contribution in [0.5, 0.6) is 0 Å². The van der Waals surface area contributed by atoms with E-state index in [-0.39, 0.29) is 24.4 Å². The number of aliphatic hydroxyl groups excluding tert-OH is 1. The van der Waals surface area contributed by atoms with Crippen LogP contribution in [0.1, 0.15) is 28.9 Å². The summed E-state index contributed by atoms with van der Waals surface area (Å²) in [5.74, 6) is -1.90. The number of nitro groups is 1. The number of aliphatic hydroxyl groups is 1. The van der Waals surface area contributed by atoms with Crippen molar-refractivity contribution in [2.45, 2.75) is 13.0 Å². The molecule has 0 bridgehead atoms. The molecule has 0 saturated carbocycles. The predicted molar refractivity (Wildman–Crippen MR) is 93.9 cm³/mol. The highest BCUT2D eigenvalue weighted by Crippen LogP contribution is 2.28. The van der Waals surface area contributed by atoms with Crippen LogP contribution in [0, 0.1) is 15.9 Å². The average Bonchev–Trinajstić information content (AvgIpc) is 2.60. The van der Waals surface area contributed by atoms with E-state index in [2.05, 4.69) is 5.32 Å². The quantitative estimate of drug-likeness (QED) is 0.430. The molecule has 0 aromatic heterocycles. The van der Waals surface area contributed by atoms with E-state index < -0.39 is 28.5 Å². The molecule has 2 aromatic carbocycles. The van der Waals surface area contributed by atoms with Crippen molar-refractivity contribution in [2.75, 3.05) is 18.5 Å². The highest BCUT2D eigenvalue weighted by atomic mass is 35.5. The van der Waals surface area contributed by atoms with Gasteiger partial charge >= 0.3 is 5.97 Å². The third-order valence-electron chi connectivity index (χ3n) is 3.51. The minimum atomic E-state index is -1.02. The zero-order chi connectivity index (χ0) is 19.3. The zero-order valence-corrected chi connectivity index (χ0v) is 14.5. The van der Waals surface area contributed by atoms with Gasteiger partial charge in [0.2, 0.25) is 0 Å². The van der Waals surface area contributed by atoms with Crippen molar-refractivity contribution in [3.63, 3.8) is 0 Å². The summed E-state index contributed by atoms with van der Waals surface area (Å²) >= 11 is 5.78. The molecule has 0 radical (unpaired) electrons. The number of nitrogens with zero attached hydrogens (tertiary/aromatic N) is 1. The molecule has 9 heteroatoms. The maximum Gasteiger partial charge on any atom is 0.340 e. The number of ether oxygens (including phenoxy) is 1. The molecule has 0 saturated heterocycles. The van der Waals surface area contributed by atoms with Crippen LogP contribution in [0.25, 0.3) is 0 Å². The summed E-state index contributed by atoms with van der Waals surface area (Å²) < 4.78 is 19.1. The molecule has 7 nitrogen and oxygen atoms in total. The van der Waals surface area contributed by atoms with E-state index in [4.69, 9.17) is 16.3 Å². The molecule has 1 unspecified atom stereocenters. The number of rotatable bonds is 7. The lowest BCUT2D eigenvalue weighted by Gasteiger charge is -2.16. The number of benzene rings is 2. The third-order valence-corrected chi connectivity index (χ3v) is 3.76. The van der Waals surface area contributed by atoms with Crippen molar-refractivity contribution >= 4 is 28.9 Å². The first-order chi connectivity index (χ1) is 12.3. The predicted octanol–water partition coefficient (Wildman–Crippen LogP) is 3.71. The number of hydrogen-bond donors (Lipinski definition) is 2. The highest BCUT2D eigenvalue weighted by molar-refractivity contribution is 6.30. The number of nitrogens with one attached hydrogen (secondary N) is 1. The van der Waals surface area contributed by atoms with Crippen LogP contribution in [0.3, 0.4) is 0 Å². The van der Waals surface area contributed by atoms with Gasteiger partial charge in [0.1, 0.15) is 0 Å². The highest BCUT2D eigenvalue weighted by Gasteiger charge is 2.23. The van der Waals surface area contributed by atoms with Crippen molar-refractivity contribution in [3.8, 4) is 0 Å². The van der Waals surface area contributed by atoms with Crippen molar-refractivity contribution in [3.05, 3.63) is 68.5 Å². The van der Waals surface area contributed by atoms with E-state index in [9.17, 15) is 24.4 Å². The number of carbonyl (C=O) groups is 1. The molecule has 0 spiro atoms. The molecule has 0 heterocycles. The molecule has 0 aliphatic heterocycles. The second kappa shape index (κ2) is 8.59. The second-order valence-corrected chi connectivity index (χ2v) is 5.71. The Morgan fingerprint density at radius 1 is 1.38 bits per heavy atom. The van der Waals surface area contributed by atoms with Gasteiger partial charge < -0.3 is 15.2 Å². The standard InChI is InChI=1S/C17H16ClFN2O5/c1-2-26-17(23)13-7-12(21(24)25)8-14(19)16(13)20-9-15(22)10-3-5-11(18)6-4-10/h3-8,15,20,22H,2,9H2,1H3. The molecule has 0 aliphatic carbocycles. The summed E-state index contributed by atoms with van der Waals surface area (Å²) in [6.07, 6.45) is -1.02. The Bertz CT molecular complexity index is 814. The van der Waals surface area contributed by atoms with E-state index in [1.165, 1.54) is 0 Å². The fourth-order valence-corrected chi connectivity index (χ4v) is 2.37. The van der Waals surface area contributed by atoms with Crippen molar-refractivity contribution in [1.82, 2.24) is 0 Å². The first-order valence-electron chi connectivity index (χ1n) is 7.66. The largest absolute Gasteiger partial charge is 0.462 e. The van der Waals surface area contributed by atoms with Crippen LogP contribution in [-0.2, 0) is 4.74 Å². The van der Waals surface area contributed by atoms with Crippen LogP contribution < -0.4 is 5.32 Å². The Morgan fingerprint density at radius 3 is 2.62 bits per heavy atom. The van der Waals surface area contributed by atoms with Crippen LogP contribution in [0.2, 0.25) is 5.02 Å². The summed E-state index contributed by atoms with van der Waals surface area (Å²) in [4.78, 5) is 22.1. The number of halogens is 2. The zero-order valence-electron chi connectivity index (χ0n) is 13.7. The van der Waals surface area contributed by atoms with Crippen LogP contribution in [0.4, 0.5) is 15.8 Å². The van der Waals surface area contributed by atoms with Gasteiger partial charge in [0.25, 0.3) is 5.69 Å². The van der Waals surface area contributed by atoms with E-state index >= 15 is 0 Å². The normalized spacial score (nSPS) is 11.7. The van der Waals surface area contributed by atoms with Crippen molar-refractivity contribution in [2.24, 2.45) is 0 Å². The van der Waals surface area contributed by atoms with Gasteiger partial charge in [-0.25, -0.2) is 9.18 Å². The Balaban J connectivity index is 2.27. The molecule has 1 atom stereocenters. The summed E-state index contributed by atoms with van der Waals surface area (Å²) in [7, 11) is 0. The number of hydrogen-bond acceptors (Lipinski definition) is 6. The molecule has 2 aromatic rings. The van der Waals surface area contributed by atoms with Gasteiger partial charge in [-0.05, 0) is 24.6 Å². The molecule has 2 rings (SSSR count). The fourth-order valence-electron chi connectivity index (χ4n) is 2.25. The lowest BCUT2D eigenvalue weighted by Crippen LogP contribution is -2.17. The van der Waals surface area contributed by atoms with E-state index in [0.29, 0.717) is 16.7 Å². The van der Waals surface area contributed by atoms with Gasteiger partial charge in [-0.2, -0.15) is 0 Å². The number of esters is 1. The Morgan fingerprint density at radius 2 is 2.04 bits per heavy atom. The first kappa shape index (κ1) is 19.6. The molecule has 2 N–H and O–H groups in total. The number of carbonyl (C=O) groups excluding carboxylic acids is 1. The Labute approximate surface area is 153 Å². The minimum absolute atomic E-state index is 0.0238. The lowest BCUT2D eigenvalue weighted by molar-refractivity contribution is -0.385. The smallest absolute Gasteiger partial charge is 0.340 e. The second-order valence-electron chi connectivity index (χ2n) is 5.28. The average molecular weight is 383 g/mol. The fraction of sp³-hybridized carbons (Fsp3) is 0.235. The lowest BCUT2D eigenvalue weighted by atomic mass is 10.1. The molecular formula is C17H16ClFN2O5.